The molecular formula is C27H20F2N4O2. The van der Waals surface area contributed by atoms with Crippen LogP contribution in [-0.4, -0.2) is 21.4 Å². The Morgan fingerprint density at radius 3 is 2.46 bits per heavy atom. The summed E-state index contributed by atoms with van der Waals surface area (Å²) in [6.07, 6.45) is 3.60. The van der Waals surface area contributed by atoms with Crippen LogP contribution < -0.4 is 4.74 Å². The Morgan fingerprint density at radius 2 is 1.77 bits per heavy atom. The zero-order valence-corrected chi connectivity index (χ0v) is 18.8. The molecule has 2 aromatic heterocycles. The highest BCUT2D eigenvalue weighted by molar-refractivity contribution is 5.80. The molecule has 0 unspecified atom stereocenters. The van der Waals surface area contributed by atoms with Crippen LogP contribution in [0.15, 0.2) is 73.1 Å². The van der Waals surface area contributed by atoms with Crippen LogP contribution >= 0.6 is 0 Å². The zero-order chi connectivity index (χ0) is 24.8. The molecule has 0 spiro atoms. The van der Waals surface area contributed by atoms with Crippen molar-refractivity contribution in [1.29, 1.82) is 5.26 Å². The molecular weight excluding hydrogens is 450 g/mol. The van der Waals surface area contributed by atoms with Crippen molar-refractivity contribution in [3.05, 3.63) is 107 Å². The Morgan fingerprint density at radius 1 is 1.00 bits per heavy atom. The summed E-state index contributed by atoms with van der Waals surface area (Å²) >= 11 is 0. The summed E-state index contributed by atoms with van der Waals surface area (Å²) in [5.74, 6) is -1.12. The number of hydrogen-bond donors (Lipinski definition) is 0. The number of aldehydes is 1. The highest BCUT2D eigenvalue weighted by Gasteiger charge is 2.16. The average Bonchev–Trinajstić information content (AvgIpc) is 2.86. The molecule has 2 heterocycles. The Hall–Kier alpha value is -4.48. The second-order valence-corrected chi connectivity index (χ2v) is 7.83. The van der Waals surface area contributed by atoms with Crippen LogP contribution in [0, 0.1) is 24.1 Å². The average molecular weight is 470 g/mol. The van der Waals surface area contributed by atoms with E-state index in [2.05, 4.69) is 9.97 Å². The van der Waals surface area contributed by atoms with Crippen LogP contribution in [0.5, 0.6) is 11.6 Å². The monoisotopic (exact) mass is 470 g/mol. The fourth-order valence-electron chi connectivity index (χ4n) is 3.56. The van der Waals surface area contributed by atoms with Crippen LogP contribution in [0.25, 0.3) is 11.1 Å². The lowest BCUT2D eigenvalue weighted by Crippen LogP contribution is -2.14. The lowest BCUT2D eigenvalue weighted by molar-refractivity contribution is 0.00597. The topological polar surface area (TPSA) is 79.1 Å². The van der Waals surface area contributed by atoms with E-state index in [0.717, 1.165) is 28.5 Å². The van der Waals surface area contributed by atoms with E-state index in [-0.39, 0.29) is 35.8 Å². The third-order valence-electron chi connectivity index (χ3n) is 5.31. The number of ether oxygens (including phenoxy) is 1. The lowest BCUT2D eigenvalue weighted by Gasteiger charge is -2.15. The summed E-state index contributed by atoms with van der Waals surface area (Å²) < 4.78 is 34.5. The second-order valence-electron chi connectivity index (χ2n) is 7.83. The number of aryl methyl sites for hydroxylation is 1. The molecule has 0 saturated heterocycles. The first-order chi connectivity index (χ1) is 17.0. The van der Waals surface area contributed by atoms with Crippen LogP contribution in [0.4, 0.5) is 8.87 Å². The van der Waals surface area contributed by atoms with Gasteiger partial charge in [0, 0.05) is 18.1 Å². The summed E-state index contributed by atoms with van der Waals surface area (Å²) in [7, 11) is 0. The van der Waals surface area contributed by atoms with Crippen molar-refractivity contribution in [3.8, 4) is 28.8 Å². The molecule has 35 heavy (non-hydrogen) atoms. The first-order valence-corrected chi connectivity index (χ1v) is 10.7. The van der Waals surface area contributed by atoms with Gasteiger partial charge in [-0.25, -0.2) is 9.37 Å². The van der Waals surface area contributed by atoms with Gasteiger partial charge in [-0.3, -0.25) is 9.78 Å². The number of nitrogens with zero attached hydrogens (tertiary/aromatic N) is 4. The number of benzene rings is 2. The Labute approximate surface area is 201 Å². The Bertz CT molecular complexity index is 1400. The zero-order valence-electron chi connectivity index (χ0n) is 18.8. The van der Waals surface area contributed by atoms with Gasteiger partial charge in [0.1, 0.15) is 0 Å². The van der Waals surface area contributed by atoms with Gasteiger partial charge >= 0.3 is 0 Å². The molecule has 2 aromatic carbocycles. The number of halogens is 2. The molecule has 6 nitrogen and oxygen atoms in total. The summed E-state index contributed by atoms with van der Waals surface area (Å²) in [6, 6.07) is 18.4. The van der Waals surface area contributed by atoms with Crippen molar-refractivity contribution in [2.75, 3.05) is 0 Å². The maximum absolute atomic E-state index is 14.8. The predicted octanol–water partition coefficient (Wildman–Crippen LogP) is 5.95. The van der Waals surface area contributed by atoms with E-state index in [1.807, 2.05) is 49.4 Å². The van der Waals surface area contributed by atoms with Crippen molar-refractivity contribution < 1.29 is 18.4 Å². The highest BCUT2D eigenvalue weighted by Crippen LogP contribution is 2.28. The number of pyridine rings is 2. The number of hydrogen-bond acceptors (Lipinski definition) is 6. The van der Waals surface area contributed by atoms with Crippen LogP contribution in [0.1, 0.15) is 32.7 Å². The van der Waals surface area contributed by atoms with Crippen LogP contribution in [0.2, 0.25) is 0 Å². The van der Waals surface area contributed by atoms with E-state index in [9.17, 15) is 13.7 Å². The first kappa shape index (κ1) is 23.7. The van der Waals surface area contributed by atoms with Gasteiger partial charge in [-0.15, -0.1) is 9.60 Å². The van der Waals surface area contributed by atoms with Crippen LogP contribution in [0.3, 0.4) is 0 Å². The molecule has 0 aliphatic carbocycles. The molecule has 0 radical (unpaired) electrons. The van der Waals surface area contributed by atoms with Crippen molar-refractivity contribution in [2.45, 2.75) is 20.0 Å². The molecule has 4 aromatic rings. The molecule has 0 N–H and O–H groups in total. The Balaban J connectivity index is 1.47. The van der Waals surface area contributed by atoms with E-state index < -0.39 is 5.82 Å². The van der Waals surface area contributed by atoms with Gasteiger partial charge in [-0.2, -0.15) is 5.26 Å². The number of nitriles is 1. The van der Waals surface area contributed by atoms with E-state index in [0.29, 0.717) is 17.0 Å². The second kappa shape index (κ2) is 10.6. The van der Waals surface area contributed by atoms with E-state index in [1.54, 1.807) is 6.20 Å². The van der Waals surface area contributed by atoms with Gasteiger partial charge in [0.25, 0.3) is 0 Å². The number of carbonyl (C=O) groups excluding carboxylic acids is 1. The number of carbonyl (C=O) groups is 1. The van der Waals surface area contributed by atoms with Gasteiger partial charge in [-0.05, 0) is 65.6 Å². The van der Waals surface area contributed by atoms with Crippen molar-refractivity contribution in [2.24, 2.45) is 0 Å². The van der Waals surface area contributed by atoms with Gasteiger partial charge in [0.05, 0.1) is 30.3 Å². The minimum Gasteiger partial charge on any atom is -0.435 e. The SMILES string of the molecule is Cc1cc(-c2ccc(CN(F)Cc3ccnc(Oc4ccc(C#N)cc4F)c3C=O)cc2)ccn1. The van der Waals surface area contributed by atoms with Crippen LogP contribution in [-0.2, 0) is 13.1 Å². The maximum atomic E-state index is 14.8. The normalized spacial score (nSPS) is 10.7. The van der Waals surface area contributed by atoms with Crippen molar-refractivity contribution in [1.82, 2.24) is 15.1 Å². The molecule has 0 atom stereocenters. The smallest absolute Gasteiger partial charge is 0.230 e. The lowest BCUT2D eigenvalue weighted by atomic mass is 10.0. The third kappa shape index (κ3) is 5.72. The minimum atomic E-state index is -0.773. The summed E-state index contributed by atoms with van der Waals surface area (Å²) in [5.41, 5.74) is 4.17. The fraction of sp³-hybridized carbons (Fsp3) is 0.111. The predicted molar refractivity (Wildman–Crippen MR) is 126 cm³/mol. The van der Waals surface area contributed by atoms with Gasteiger partial charge < -0.3 is 4.74 Å². The summed E-state index contributed by atoms with van der Waals surface area (Å²) in [6.45, 7) is 1.72. The quantitative estimate of drug-likeness (QED) is 0.234. The van der Waals surface area contributed by atoms with Crippen molar-refractivity contribution >= 4 is 6.29 Å². The summed E-state index contributed by atoms with van der Waals surface area (Å²) in [4.78, 5) is 19.9. The van der Waals surface area contributed by atoms with E-state index in [4.69, 9.17) is 10.00 Å². The standard InChI is InChI=1S/C27H20F2N4O2/c1-18-12-22(8-10-31-18)21-5-2-19(3-6-21)15-33(29)16-23-9-11-32-27(24(23)17-34)35-26-7-4-20(14-30)13-25(26)28/h2-13,17H,15-16H2,1H3. The molecule has 0 fully saturated rings. The molecule has 8 heteroatoms. The minimum absolute atomic E-state index is 0.00326. The van der Waals surface area contributed by atoms with Gasteiger partial charge in [-0.1, -0.05) is 24.3 Å². The number of aromatic nitrogens is 2. The largest absolute Gasteiger partial charge is 0.435 e. The van der Waals surface area contributed by atoms with Gasteiger partial charge in [0.2, 0.25) is 5.88 Å². The Kier molecular flexibility index (Phi) is 7.19. The molecule has 0 bridgehead atoms. The number of rotatable bonds is 8. The molecule has 0 amide bonds. The molecule has 0 saturated carbocycles. The molecule has 0 aliphatic heterocycles. The van der Waals surface area contributed by atoms with Crippen molar-refractivity contribution in [3.63, 3.8) is 0 Å². The van der Waals surface area contributed by atoms with Gasteiger partial charge in [0.15, 0.2) is 17.9 Å². The van der Waals surface area contributed by atoms with E-state index >= 15 is 0 Å². The fourth-order valence-corrected chi connectivity index (χ4v) is 3.56. The third-order valence-corrected chi connectivity index (χ3v) is 5.31. The first-order valence-electron chi connectivity index (χ1n) is 10.7. The molecule has 0 aliphatic rings. The highest BCUT2D eigenvalue weighted by atomic mass is 19.2. The molecule has 174 valence electrons. The van der Waals surface area contributed by atoms with E-state index in [1.165, 1.54) is 24.4 Å². The summed E-state index contributed by atoms with van der Waals surface area (Å²) in [5, 5.41) is 9.44. The molecule has 4 rings (SSSR count). The maximum Gasteiger partial charge on any atom is 0.230 e.